The van der Waals surface area contributed by atoms with Crippen LogP contribution in [0.2, 0.25) is 0 Å². The Labute approximate surface area is 151 Å². The maximum absolute atomic E-state index is 3.84. The molecule has 3 heteroatoms. The summed E-state index contributed by atoms with van der Waals surface area (Å²) in [6.45, 7) is 4.40. The molecule has 2 N–H and O–H groups in total. The maximum atomic E-state index is 3.84. The zero-order valence-corrected chi connectivity index (χ0v) is 15.8. The first kappa shape index (κ1) is 15.9. The Morgan fingerprint density at radius 1 is 1.17 bits per heavy atom. The third-order valence-electron chi connectivity index (χ3n) is 5.20. The molecule has 24 heavy (non-hydrogen) atoms. The summed E-state index contributed by atoms with van der Waals surface area (Å²) in [5.74, 6) is 0. The fourth-order valence-corrected chi connectivity index (χ4v) is 4.22. The van der Waals surface area contributed by atoms with Crippen LogP contribution in [0.25, 0.3) is 10.9 Å². The minimum absolute atomic E-state index is 0.347. The molecule has 2 aromatic carbocycles. The van der Waals surface area contributed by atoms with Gasteiger partial charge in [-0.3, -0.25) is 0 Å². The maximum Gasteiger partial charge on any atom is 0.0480 e. The van der Waals surface area contributed by atoms with Gasteiger partial charge in [0.05, 0.1) is 0 Å². The summed E-state index contributed by atoms with van der Waals surface area (Å²) in [7, 11) is 0. The van der Waals surface area contributed by atoms with Crippen LogP contribution in [0, 0.1) is 6.92 Å². The monoisotopic (exact) mass is 382 g/mol. The van der Waals surface area contributed by atoms with E-state index < -0.39 is 0 Å². The summed E-state index contributed by atoms with van der Waals surface area (Å²) in [5, 5.41) is 5.21. The van der Waals surface area contributed by atoms with Gasteiger partial charge in [-0.25, -0.2) is 0 Å². The Morgan fingerprint density at radius 2 is 1.96 bits per heavy atom. The zero-order chi connectivity index (χ0) is 16.7. The summed E-state index contributed by atoms with van der Waals surface area (Å²) in [6, 6.07) is 16.1. The number of nitrogens with one attached hydrogen (secondary N) is 2. The molecular formula is C21H23BrN2. The number of aromatic nitrogens is 1. The molecule has 0 saturated heterocycles. The van der Waals surface area contributed by atoms with E-state index in [1.807, 2.05) is 0 Å². The van der Waals surface area contributed by atoms with Crippen LogP contribution in [0.1, 0.15) is 54.2 Å². The predicted molar refractivity (Wildman–Crippen MR) is 104 cm³/mol. The van der Waals surface area contributed by atoms with Crippen LogP contribution in [0.4, 0.5) is 0 Å². The van der Waals surface area contributed by atoms with Crippen LogP contribution >= 0.6 is 15.9 Å². The molecule has 124 valence electrons. The molecule has 1 aliphatic rings. The van der Waals surface area contributed by atoms with Gasteiger partial charge in [0.2, 0.25) is 0 Å². The number of aryl methyl sites for hydroxylation is 2. The first-order valence-electron chi connectivity index (χ1n) is 8.74. The molecule has 0 fully saturated rings. The highest BCUT2D eigenvalue weighted by atomic mass is 79.9. The molecule has 1 aromatic heterocycles. The van der Waals surface area contributed by atoms with E-state index in [0.717, 1.165) is 4.47 Å². The Bertz CT molecular complexity index is 863. The second kappa shape index (κ2) is 6.38. The second-order valence-corrected chi connectivity index (χ2v) is 7.87. The van der Waals surface area contributed by atoms with Gasteiger partial charge in [-0.05, 0) is 62.4 Å². The van der Waals surface area contributed by atoms with E-state index in [2.05, 4.69) is 82.5 Å². The van der Waals surface area contributed by atoms with Crippen molar-refractivity contribution in [3.8, 4) is 0 Å². The van der Waals surface area contributed by atoms with Crippen molar-refractivity contribution in [3.05, 3.63) is 69.3 Å². The fraction of sp³-hybridized carbons (Fsp3) is 0.333. The van der Waals surface area contributed by atoms with Gasteiger partial charge in [-0.15, -0.1) is 0 Å². The van der Waals surface area contributed by atoms with Crippen LogP contribution in [0.3, 0.4) is 0 Å². The van der Waals surface area contributed by atoms with Crippen molar-refractivity contribution in [2.24, 2.45) is 0 Å². The lowest BCUT2D eigenvalue weighted by Gasteiger charge is -2.27. The van der Waals surface area contributed by atoms with Gasteiger partial charge in [0.25, 0.3) is 0 Å². The molecule has 1 unspecified atom stereocenters. The van der Waals surface area contributed by atoms with Crippen molar-refractivity contribution < 1.29 is 0 Å². The summed E-state index contributed by atoms with van der Waals surface area (Å²) < 4.78 is 1.15. The van der Waals surface area contributed by atoms with Gasteiger partial charge in [0.1, 0.15) is 0 Å². The van der Waals surface area contributed by atoms with Crippen molar-refractivity contribution in [2.45, 2.75) is 45.2 Å². The molecule has 2 nitrogen and oxygen atoms in total. The number of halogens is 1. The van der Waals surface area contributed by atoms with Gasteiger partial charge < -0.3 is 10.3 Å². The predicted octanol–water partition coefficient (Wildman–Crippen LogP) is 5.97. The summed E-state index contributed by atoms with van der Waals surface area (Å²) >= 11 is 3.61. The molecule has 4 rings (SSSR count). The average molecular weight is 383 g/mol. The summed E-state index contributed by atoms with van der Waals surface area (Å²) in [6.07, 6.45) is 3.60. The van der Waals surface area contributed by atoms with Crippen LogP contribution in [-0.4, -0.2) is 4.98 Å². The highest BCUT2D eigenvalue weighted by molar-refractivity contribution is 9.10. The van der Waals surface area contributed by atoms with Crippen molar-refractivity contribution in [1.82, 2.24) is 10.3 Å². The van der Waals surface area contributed by atoms with Crippen LogP contribution < -0.4 is 5.32 Å². The topological polar surface area (TPSA) is 27.8 Å². The van der Waals surface area contributed by atoms with Gasteiger partial charge in [0, 0.05) is 33.2 Å². The Balaban J connectivity index is 1.64. The van der Waals surface area contributed by atoms with E-state index in [9.17, 15) is 0 Å². The molecule has 0 amide bonds. The lowest BCUT2D eigenvalue weighted by molar-refractivity contribution is 0.410. The number of H-pyrrole nitrogens is 1. The van der Waals surface area contributed by atoms with E-state index >= 15 is 0 Å². The van der Waals surface area contributed by atoms with E-state index in [4.69, 9.17) is 0 Å². The molecule has 0 spiro atoms. The first-order chi connectivity index (χ1) is 11.6. The van der Waals surface area contributed by atoms with E-state index in [1.165, 1.54) is 52.5 Å². The van der Waals surface area contributed by atoms with Gasteiger partial charge >= 0.3 is 0 Å². The minimum atomic E-state index is 0.347. The molecule has 0 saturated carbocycles. The van der Waals surface area contributed by atoms with Crippen LogP contribution in [0.15, 0.2) is 46.9 Å². The van der Waals surface area contributed by atoms with Gasteiger partial charge in [-0.1, -0.05) is 45.8 Å². The van der Waals surface area contributed by atoms with E-state index in [0.29, 0.717) is 12.1 Å². The molecule has 0 aliphatic heterocycles. The average Bonchev–Trinajstić information content (AvgIpc) is 2.94. The largest absolute Gasteiger partial charge is 0.357 e. The number of aromatic amines is 1. The van der Waals surface area contributed by atoms with Crippen molar-refractivity contribution >= 4 is 26.8 Å². The third-order valence-corrected chi connectivity index (χ3v) is 5.69. The highest BCUT2D eigenvalue weighted by Crippen LogP contribution is 2.36. The standard InChI is InChI=1S/C21H23BrN2/c1-13-6-8-15(9-7-13)14(2)23-20-5-3-4-17-18-12-16(22)10-11-19(18)24-21(17)20/h6-12,14,20,23-24H,3-5H2,1-2H3/t14-,20?/m1/s1. The van der Waals surface area contributed by atoms with Crippen LogP contribution in [0.5, 0.6) is 0 Å². The summed E-state index contributed by atoms with van der Waals surface area (Å²) in [4.78, 5) is 3.68. The second-order valence-electron chi connectivity index (χ2n) is 6.95. The smallest absolute Gasteiger partial charge is 0.0480 e. The lowest BCUT2D eigenvalue weighted by atomic mass is 9.91. The first-order valence-corrected chi connectivity index (χ1v) is 9.54. The molecule has 1 heterocycles. The molecule has 2 atom stereocenters. The fourth-order valence-electron chi connectivity index (χ4n) is 3.85. The number of hydrogen-bond donors (Lipinski definition) is 2. The number of hydrogen-bond acceptors (Lipinski definition) is 1. The highest BCUT2D eigenvalue weighted by Gasteiger charge is 2.25. The van der Waals surface area contributed by atoms with E-state index in [1.54, 1.807) is 0 Å². The van der Waals surface area contributed by atoms with E-state index in [-0.39, 0.29) is 0 Å². The Morgan fingerprint density at radius 3 is 2.75 bits per heavy atom. The zero-order valence-electron chi connectivity index (χ0n) is 14.2. The van der Waals surface area contributed by atoms with Gasteiger partial charge in [0.15, 0.2) is 0 Å². The van der Waals surface area contributed by atoms with Crippen molar-refractivity contribution in [2.75, 3.05) is 0 Å². The SMILES string of the molecule is Cc1ccc([C@@H](C)NC2CCCc3c2[nH]c2ccc(Br)cc32)cc1. The Kier molecular flexibility index (Phi) is 4.23. The normalized spacial score (nSPS) is 18.5. The third kappa shape index (κ3) is 2.91. The van der Waals surface area contributed by atoms with Gasteiger partial charge in [-0.2, -0.15) is 0 Å². The number of benzene rings is 2. The molecule has 1 aliphatic carbocycles. The van der Waals surface area contributed by atoms with Crippen LogP contribution in [-0.2, 0) is 6.42 Å². The summed E-state index contributed by atoms with van der Waals surface area (Å²) in [5.41, 5.74) is 6.79. The van der Waals surface area contributed by atoms with Crippen molar-refractivity contribution in [3.63, 3.8) is 0 Å². The minimum Gasteiger partial charge on any atom is -0.357 e. The molecular weight excluding hydrogens is 360 g/mol. The quantitative estimate of drug-likeness (QED) is 0.573. The van der Waals surface area contributed by atoms with Crippen molar-refractivity contribution in [1.29, 1.82) is 0 Å². The molecule has 3 aromatic rings. The lowest BCUT2D eigenvalue weighted by Crippen LogP contribution is -2.27. The molecule has 0 bridgehead atoms. The number of fused-ring (bicyclic) bond motifs is 3. The number of rotatable bonds is 3. The molecule has 0 radical (unpaired) electrons. The Hall–Kier alpha value is -1.58.